The molecule has 0 bridgehead atoms. The van der Waals surface area contributed by atoms with Crippen LogP contribution in [-0.2, 0) is 16.1 Å². The Hall–Kier alpha value is -3.80. The minimum Gasteiger partial charge on any atom is -0.489 e. The molecule has 33 heavy (non-hydrogen) atoms. The first kappa shape index (κ1) is 21.1. The number of hydrogen-bond donors (Lipinski definition) is 1. The van der Waals surface area contributed by atoms with E-state index in [4.69, 9.17) is 14.5 Å². The summed E-state index contributed by atoms with van der Waals surface area (Å²) in [6.45, 7) is 8.74. The maximum absolute atomic E-state index is 11.3. The third kappa shape index (κ3) is 3.93. The minimum absolute atomic E-state index is 0.301. The highest BCUT2D eigenvalue weighted by molar-refractivity contribution is 5.79. The predicted octanol–water partition coefficient (Wildman–Crippen LogP) is 5.56. The number of ether oxygens (including phenoxy) is 2. The van der Waals surface area contributed by atoms with Gasteiger partial charge in [0.05, 0.1) is 16.7 Å². The van der Waals surface area contributed by atoms with Crippen LogP contribution in [-0.4, -0.2) is 22.1 Å². The fourth-order valence-corrected chi connectivity index (χ4v) is 4.50. The lowest BCUT2D eigenvalue weighted by Crippen LogP contribution is -2.09. The summed E-state index contributed by atoms with van der Waals surface area (Å²) in [5, 5.41) is 3.51. The second-order valence-corrected chi connectivity index (χ2v) is 8.56. The summed E-state index contributed by atoms with van der Waals surface area (Å²) >= 11 is 0. The molecule has 6 heteroatoms. The number of rotatable bonds is 5. The van der Waals surface area contributed by atoms with E-state index in [-0.39, 0.29) is 12.1 Å². The van der Waals surface area contributed by atoms with Gasteiger partial charge in [0.1, 0.15) is 18.2 Å². The van der Waals surface area contributed by atoms with Crippen molar-refractivity contribution in [1.82, 2.24) is 9.55 Å². The molecule has 0 radical (unpaired) electrons. The van der Waals surface area contributed by atoms with E-state index in [0.717, 1.165) is 39.5 Å². The summed E-state index contributed by atoms with van der Waals surface area (Å²) < 4.78 is 13.3. The zero-order valence-corrected chi connectivity index (χ0v) is 19.3. The van der Waals surface area contributed by atoms with Crippen LogP contribution in [0.1, 0.15) is 41.1 Å². The topological polar surface area (TPSA) is 65.4 Å². The predicted molar refractivity (Wildman–Crippen MR) is 129 cm³/mol. The van der Waals surface area contributed by atoms with Gasteiger partial charge in [-0.15, -0.1) is 0 Å². The van der Waals surface area contributed by atoms with Crippen molar-refractivity contribution in [3.8, 4) is 11.4 Å². The molecule has 168 valence electrons. The average molecular weight is 442 g/mol. The van der Waals surface area contributed by atoms with Crippen molar-refractivity contribution >= 4 is 22.7 Å². The highest BCUT2D eigenvalue weighted by atomic mass is 16.6. The molecule has 0 amide bonds. The molecule has 0 fully saturated rings. The lowest BCUT2D eigenvalue weighted by atomic mass is 10.1. The van der Waals surface area contributed by atoms with Crippen molar-refractivity contribution in [2.45, 2.75) is 40.3 Å². The standard InChI is InChI=1S/C27H27N3O3/c1-16-8-11-25-23(12-16)29-18(3)30(25)24-7-5-6-20(17(24)2)14-28-21-9-10-22-26(13-21)32-15-27(22)33-19(4)31/h5-13,27-28H,14-15H2,1-4H3/t27-/m1/s1. The first-order valence-corrected chi connectivity index (χ1v) is 11.1. The van der Waals surface area contributed by atoms with Crippen LogP contribution in [0, 0.1) is 20.8 Å². The Labute approximate surface area is 193 Å². The van der Waals surface area contributed by atoms with Gasteiger partial charge in [-0.25, -0.2) is 4.98 Å². The van der Waals surface area contributed by atoms with E-state index in [1.807, 2.05) is 25.1 Å². The van der Waals surface area contributed by atoms with Crippen LogP contribution in [0.25, 0.3) is 16.7 Å². The number of carbonyl (C=O) groups excluding carboxylic acids is 1. The van der Waals surface area contributed by atoms with Crippen LogP contribution in [0.4, 0.5) is 5.69 Å². The molecule has 2 heterocycles. The van der Waals surface area contributed by atoms with Crippen molar-refractivity contribution in [1.29, 1.82) is 0 Å². The number of carbonyl (C=O) groups is 1. The molecule has 6 nitrogen and oxygen atoms in total. The number of anilines is 1. The smallest absolute Gasteiger partial charge is 0.303 e. The SMILES string of the molecule is CC(=O)O[C@@H]1COc2cc(NCc3cccc(-n4c(C)nc5cc(C)ccc54)c3C)ccc21. The number of aromatic nitrogens is 2. The number of fused-ring (bicyclic) bond motifs is 2. The highest BCUT2D eigenvalue weighted by Crippen LogP contribution is 2.37. The normalized spacial score (nSPS) is 14.7. The monoisotopic (exact) mass is 441 g/mol. The van der Waals surface area contributed by atoms with Gasteiger partial charge in [-0.05, 0) is 67.8 Å². The van der Waals surface area contributed by atoms with Crippen molar-refractivity contribution in [3.05, 3.63) is 82.7 Å². The maximum Gasteiger partial charge on any atom is 0.303 e. The van der Waals surface area contributed by atoms with Gasteiger partial charge >= 0.3 is 5.97 Å². The maximum atomic E-state index is 11.3. The molecule has 0 spiro atoms. The molecule has 3 aromatic carbocycles. The van der Waals surface area contributed by atoms with Crippen molar-refractivity contribution in [3.63, 3.8) is 0 Å². The van der Waals surface area contributed by atoms with Crippen molar-refractivity contribution in [2.24, 2.45) is 0 Å². The molecular weight excluding hydrogens is 414 g/mol. The van der Waals surface area contributed by atoms with Crippen LogP contribution in [0.5, 0.6) is 5.75 Å². The molecule has 1 aromatic heterocycles. The summed E-state index contributed by atoms with van der Waals surface area (Å²) in [5.41, 5.74) is 8.76. The molecule has 1 atom stereocenters. The fraction of sp³-hybridized carbons (Fsp3) is 0.259. The Morgan fingerprint density at radius 3 is 2.82 bits per heavy atom. The first-order valence-electron chi connectivity index (χ1n) is 11.1. The van der Waals surface area contributed by atoms with Gasteiger partial charge in [-0.2, -0.15) is 0 Å². The lowest BCUT2D eigenvalue weighted by molar-refractivity contribution is -0.147. The average Bonchev–Trinajstić information content (AvgIpc) is 3.32. The van der Waals surface area contributed by atoms with Crippen LogP contribution in [0.15, 0.2) is 54.6 Å². The Morgan fingerprint density at radius 2 is 2.00 bits per heavy atom. The van der Waals surface area contributed by atoms with Crippen LogP contribution >= 0.6 is 0 Å². The van der Waals surface area contributed by atoms with Gasteiger partial charge in [0, 0.05) is 30.8 Å². The number of nitrogens with zero attached hydrogens (tertiary/aromatic N) is 2. The highest BCUT2D eigenvalue weighted by Gasteiger charge is 2.26. The number of imidazole rings is 1. The largest absolute Gasteiger partial charge is 0.489 e. The summed E-state index contributed by atoms with van der Waals surface area (Å²) in [6, 6.07) is 18.7. The van der Waals surface area contributed by atoms with Crippen molar-refractivity contribution in [2.75, 3.05) is 11.9 Å². The number of esters is 1. The Kier molecular flexibility index (Phi) is 5.29. The molecule has 5 rings (SSSR count). The first-order chi connectivity index (χ1) is 15.9. The van der Waals surface area contributed by atoms with E-state index in [9.17, 15) is 4.79 Å². The minimum atomic E-state index is -0.331. The van der Waals surface area contributed by atoms with E-state index < -0.39 is 0 Å². The number of benzene rings is 3. The summed E-state index contributed by atoms with van der Waals surface area (Å²) in [6.07, 6.45) is -0.331. The molecule has 0 aliphatic carbocycles. The molecule has 0 saturated carbocycles. The van der Waals surface area contributed by atoms with Gasteiger partial charge in [-0.1, -0.05) is 18.2 Å². The van der Waals surface area contributed by atoms with Crippen molar-refractivity contribution < 1.29 is 14.3 Å². The molecular formula is C27H27N3O3. The quantitative estimate of drug-likeness (QED) is 0.411. The van der Waals surface area contributed by atoms with Crippen LogP contribution in [0.2, 0.25) is 0 Å². The summed E-state index contributed by atoms with van der Waals surface area (Å²) in [4.78, 5) is 16.1. The van der Waals surface area contributed by atoms with Gasteiger partial charge in [-0.3, -0.25) is 9.36 Å². The second kappa shape index (κ2) is 8.28. The van der Waals surface area contributed by atoms with Gasteiger partial charge in [0.25, 0.3) is 0 Å². The lowest BCUT2D eigenvalue weighted by Gasteiger charge is -2.16. The second-order valence-electron chi connectivity index (χ2n) is 8.56. The van der Waals surface area contributed by atoms with E-state index in [1.165, 1.54) is 23.6 Å². The Morgan fingerprint density at radius 1 is 1.15 bits per heavy atom. The van der Waals surface area contributed by atoms with Crippen LogP contribution < -0.4 is 10.1 Å². The molecule has 1 aliphatic heterocycles. The number of hydrogen-bond acceptors (Lipinski definition) is 5. The zero-order chi connectivity index (χ0) is 23.1. The molecule has 0 saturated heterocycles. The fourth-order valence-electron chi connectivity index (χ4n) is 4.50. The summed E-state index contributed by atoms with van der Waals surface area (Å²) in [5.74, 6) is 1.43. The molecule has 4 aromatic rings. The van der Waals surface area contributed by atoms with E-state index in [2.05, 4.69) is 60.1 Å². The van der Waals surface area contributed by atoms with E-state index in [0.29, 0.717) is 13.2 Å². The van der Waals surface area contributed by atoms with Gasteiger partial charge < -0.3 is 14.8 Å². The van der Waals surface area contributed by atoms with E-state index >= 15 is 0 Å². The van der Waals surface area contributed by atoms with Gasteiger partial charge in [0.15, 0.2) is 6.10 Å². The third-order valence-corrected chi connectivity index (χ3v) is 6.18. The number of nitrogens with one attached hydrogen (secondary N) is 1. The summed E-state index contributed by atoms with van der Waals surface area (Å²) in [7, 11) is 0. The molecule has 1 N–H and O–H groups in total. The van der Waals surface area contributed by atoms with E-state index in [1.54, 1.807) is 0 Å². The Bertz CT molecular complexity index is 1370. The molecule has 1 aliphatic rings. The Balaban J connectivity index is 1.39. The molecule has 0 unspecified atom stereocenters. The zero-order valence-electron chi connectivity index (χ0n) is 19.3. The van der Waals surface area contributed by atoms with Crippen LogP contribution in [0.3, 0.4) is 0 Å². The number of aryl methyl sites for hydroxylation is 2. The van der Waals surface area contributed by atoms with Gasteiger partial charge in [0.2, 0.25) is 0 Å². The third-order valence-electron chi connectivity index (χ3n) is 6.18.